The Labute approximate surface area is 170 Å². The van der Waals surface area contributed by atoms with Crippen LogP contribution < -0.4 is 5.32 Å². The largest absolute Gasteiger partial charge is 0.425 e. The van der Waals surface area contributed by atoms with E-state index < -0.39 is 11.1 Å². The van der Waals surface area contributed by atoms with Crippen molar-refractivity contribution in [2.45, 2.75) is 12.7 Å². The number of hydrogen-bond acceptors (Lipinski definition) is 5. The van der Waals surface area contributed by atoms with Crippen LogP contribution in [0.15, 0.2) is 36.7 Å². The van der Waals surface area contributed by atoms with Crippen LogP contribution in [0.5, 0.6) is 0 Å². The van der Waals surface area contributed by atoms with Crippen molar-refractivity contribution in [3.63, 3.8) is 0 Å². The minimum Gasteiger partial charge on any atom is -0.365 e. The maximum atomic E-state index is 13.2. The number of rotatable bonds is 4. The second kappa shape index (κ2) is 7.23. The lowest BCUT2D eigenvalue weighted by Gasteiger charge is -2.09. The van der Waals surface area contributed by atoms with E-state index in [4.69, 9.17) is 23.2 Å². The molecule has 0 aliphatic rings. The molecule has 0 saturated carbocycles. The highest BCUT2D eigenvalue weighted by Crippen LogP contribution is 2.39. The van der Waals surface area contributed by atoms with Crippen LogP contribution in [0.4, 0.5) is 19.0 Å². The molecule has 0 aliphatic carbocycles. The number of nitrogens with zero attached hydrogens (tertiary/aromatic N) is 3. The zero-order valence-electron chi connectivity index (χ0n) is 13.8. The number of aromatic amines is 1. The zero-order chi connectivity index (χ0) is 19.9. The summed E-state index contributed by atoms with van der Waals surface area (Å²) in [7, 11) is 0. The number of aromatic nitrogens is 4. The van der Waals surface area contributed by atoms with E-state index in [1.54, 1.807) is 24.4 Å². The molecule has 0 bridgehead atoms. The van der Waals surface area contributed by atoms with E-state index in [-0.39, 0.29) is 28.4 Å². The number of benzene rings is 1. The average molecular weight is 444 g/mol. The standard InChI is InChI=1S/C17H10Cl2F3N5S/c18-10-2-1-8(5-11(10)19)7-25-13-9-6-12(17(20,21)22)28-16(9)27-15(26-13)14-23-3-4-24-14/h1-6H,7H2,(H,23,24)(H,25,26,27). The van der Waals surface area contributed by atoms with Crippen LogP contribution in [-0.4, -0.2) is 19.9 Å². The Morgan fingerprint density at radius 1 is 1.11 bits per heavy atom. The van der Waals surface area contributed by atoms with E-state index in [9.17, 15) is 13.2 Å². The average Bonchev–Trinajstić information content (AvgIpc) is 3.31. The molecular weight excluding hydrogens is 434 g/mol. The van der Waals surface area contributed by atoms with Crippen LogP contribution >= 0.6 is 34.5 Å². The van der Waals surface area contributed by atoms with E-state index in [1.807, 2.05) is 0 Å². The topological polar surface area (TPSA) is 66.5 Å². The van der Waals surface area contributed by atoms with E-state index in [0.29, 0.717) is 27.2 Å². The molecule has 0 spiro atoms. The monoisotopic (exact) mass is 443 g/mol. The molecule has 3 heterocycles. The first-order valence-electron chi connectivity index (χ1n) is 7.87. The fourth-order valence-electron chi connectivity index (χ4n) is 2.52. The lowest BCUT2D eigenvalue weighted by molar-refractivity contribution is -0.134. The molecule has 0 amide bonds. The van der Waals surface area contributed by atoms with E-state index in [2.05, 4.69) is 25.3 Å². The summed E-state index contributed by atoms with van der Waals surface area (Å²) < 4.78 is 39.5. The molecule has 3 aromatic heterocycles. The maximum absolute atomic E-state index is 13.2. The molecule has 1 aromatic carbocycles. The van der Waals surface area contributed by atoms with Crippen molar-refractivity contribution in [3.8, 4) is 11.6 Å². The van der Waals surface area contributed by atoms with Crippen molar-refractivity contribution in [2.75, 3.05) is 5.32 Å². The summed E-state index contributed by atoms with van der Waals surface area (Å²) in [6, 6.07) is 6.14. The van der Waals surface area contributed by atoms with Crippen molar-refractivity contribution < 1.29 is 13.2 Å². The number of hydrogen-bond donors (Lipinski definition) is 2. The fraction of sp³-hybridized carbons (Fsp3) is 0.118. The Balaban J connectivity index is 1.75. The van der Waals surface area contributed by atoms with Gasteiger partial charge in [-0.05, 0) is 23.8 Å². The molecule has 0 unspecified atom stereocenters. The first kappa shape index (κ1) is 19.0. The number of H-pyrrole nitrogens is 1. The highest BCUT2D eigenvalue weighted by Gasteiger charge is 2.33. The lowest BCUT2D eigenvalue weighted by Crippen LogP contribution is -2.04. The van der Waals surface area contributed by atoms with Gasteiger partial charge in [-0.25, -0.2) is 15.0 Å². The number of anilines is 1. The van der Waals surface area contributed by atoms with Gasteiger partial charge in [0.1, 0.15) is 15.5 Å². The molecule has 4 aromatic rings. The zero-order valence-corrected chi connectivity index (χ0v) is 16.1. The van der Waals surface area contributed by atoms with Gasteiger partial charge in [0.15, 0.2) is 11.6 Å². The third kappa shape index (κ3) is 3.78. The summed E-state index contributed by atoms with van der Waals surface area (Å²) in [6.45, 7) is 0.289. The SMILES string of the molecule is FC(F)(F)c1cc2c(NCc3ccc(Cl)c(Cl)c3)nc(-c3ncc[nH]3)nc2s1. The Morgan fingerprint density at radius 3 is 2.61 bits per heavy atom. The fourth-order valence-corrected chi connectivity index (χ4v) is 3.74. The van der Waals surface area contributed by atoms with Crippen molar-refractivity contribution >= 4 is 50.6 Å². The minimum atomic E-state index is -4.46. The summed E-state index contributed by atoms with van der Waals surface area (Å²) in [4.78, 5) is 15.0. The molecule has 0 saturated heterocycles. The summed E-state index contributed by atoms with van der Waals surface area (Å²) in [6.07, 6.45) is -1.36. The van der Waals surface area contributed by atoms with Gasteiger partial charge in [0, 0.05) is 18.9 Å². The third-order valence-electron chi connectivity index (χ3n) is 3.83. The quantitative estimate of drug-likeness (QED) is 0.404. The predicted octanol–water partition coefficient (Wildman–Crippen LogP) is 6.02. The smallest absolute Gasteiger partial charge is 0.365 e. The molecule has 0 atom stereocenters. The van der Waals surface area contributed by atoms with Crippen LogP contribution in [0, 0.1) is 0 Å². The number of thiophene rings is 1. The minimum absolute atomic E-state index is 0.199. The number of nitrogens with one attached hydrogen (secondary N) is 2. The summed E-state index contributed by atoms with van der Waals surface area (Å²) in [5, 5.41) is 4.16. The highest BCUT2D eigenvalue weighted by molar-refractivity contribution is 7.18. The highest BCUT2D eigenvalue weighted by atomic mass is 35.5. The van der Waals surface area contributed by atoms with Crippen molar-refractivity contribution in [1.82, 2.24) is 19.9 Å². The second-order valence-corrected chi connectivity index (χ2v) is 7.61. The van der Waals surface area contributed by atoms with Gasteiger partial charge >= 0.3 is 6.18 Å². The molecule has 144 valence electrons. The third-order valence-corrected chi connectivity index (χ3v) is 5.64. The molecular formula is C17H10Cl2F3N5S. The molecule has 0 aliphatic heterocycles. The first-order chi connectivity index (χ1) is 13.3. The van der Waals surface area contributed by atoms with Crippen LogP contribution in [0.2, 0.25) is 10.0 Å². The van der Waals surface area contributed by atoms with Gasteiger partial charge in [-0.1, -0.05) is 29.3 Å². The van der Waals surface area contributed by atoms with Gasteiger partial charge in [-0.15, -0.1) is 11.3 Å². The molecule has 4 rings (SSSR count). The van der Waals surface area contributed by atoms with Crippen molar-refractivity contribution in [3.05, 3.63) is 57.1 Å². The Hall–Kier alpha value is -2.36. The van der Waals surface area contributed by atoms with Crippen LogP contribution in [0.3, 0.4) is 0 Å². The van der Waals surface area contributed by atoms with Crippen LogP contribution in [0.1, 0.15) is 10.4 Å². The Morgan fingerprint density at radius 2 is 1.93 bits per heavy atom. The molecule has 28 heavy (non-hydrogen) atoms. The molecule has 11 heteroatoms. The molecule has 5 nitrogen and oxygen atoms in total. The van der Waals surface area contributed by atoms with E-state index in [1.165, 1.54) is 6.20 Å². The summed E-state index contributed by atoms with van der Waals surface area (Å²) in [5.41, 5.74) is 0.798. The van der Waals surface area contributed by atoms with Gasteiger partial charge in [-0.2, -0.15) is 13.2 Å². The Kier molecular flexibility index (Phi) is 4.90. The van der Waals surface area contributed by atoms with Crippen molar-refractivity contribution in [2.24, 2.45) is 0 Å². The van der Waals surface area contributed by atoms with Gasteiger partial charge < -0.3 is 10.3 Å². The predicted molar refractivity (Wildman–Crippen MR) is 104 cm³/mol. The van der Waals surface area contributed by atoms with Crippen LogP contribution in [-0.2, 0) is 12.7 Å². The normalized spacial score (nSPS) is 11.9. The second-order valence-electron chi connectivity index (χ2n) is 5.76. The molecule has 2 N–H and O–H groups in total. The summed E-state index contributed by atoms with van der Waals surface area (Å²) >= 11 is 12.5. The molecule has 0 fully saturated rings. The van der Waals surface area contributed by atoms with Gasteiger partial charge in [0.05, 0.1) is 15.4 Å². The number of imidazole rings is 1. The van der Waals surface area contributed by atoms with Crippen LogP contribution in [0.25, 0.3) is 21.9 Å². The summed E-state index contributed by atoms with van der Waals surface area (Å²) in [5.74, 6) is 0.834. The molecule has 0 radical (unpaired) electrons. The van der Waals surface area contributed by atoms with Crippen molar-refractivity contribution in [1.29, 1.82) is 0 Å². The Bertz CT molecular complexity index is 1140. The first-order valence-corrected chi connectivity index (χ1v) is 9.45. The van der Waals surface area contributed by atoms with Gasteiger partial charge in [0.2, 0.25) is 0 Å². The van der Waals surface area contributed by atoms with E-state index in [0.717, 1.165) is 11.6 Å². The number of fused-ring (bicyclic) bond motifs is 1. The number of alkyl halides is 3. The maximum Gasteiger partial charge on any atom is 0.425 e. The van der Waals surface area contributed by atoms with Gasteiger partial charge in [-0.3, -0.25) is 0 Å². The lowest BCUT2D eigenvalue weighted by atomic mass is 10.2. The van der Waals surface area contributed by atoms with Gasteiger partial charge in [0.25, 0.3) is 0 Å². The van der Waals surface area contributed by atoms with E-state index >= 15 is 0 Å². The number of halogens is 5.